The van der Waals surface area contributed by atoms with Gasteiger partial charge in [0.25, 0.3) is 5.91 Å². The topological polar surface area (TPSA) is 85.6 Å². The molecule has 0 fully saturated rings. The van der Waals surface area contributed by atoms with Gasteiger partial charge in [-0.3, -0.25) is 10.6 Å². The number of ether oxygens (including phenoxy) is 2. The molecule has 6 nitrogen and oxygen atoms in total. The van der Waals surface area contributed by atoms with Crippen LogP contribution < -0.4 is 16.6 Å². The number of nitrogens with one attached hydrogen (secondary N) is 2. The summed E-state index contributed by atoms with van der Waals surface area (Å²) in [4.78, 5) is 11.8. The minimum absolute atomic E-state index is 0.147. The lowest BCUT2D eigenvalue weighted by Crippen LogP contribution is -2.35. The molecule has 0 radical (unpaired) electrons. The van der Waals surface area contributed by atoms with Gasteiger partial charge in [-0.15, -0.1) is 0 Å². The number of benzene rings is 1. The van der Waals surface area contributed by atoms with E-state index in [2.05, 4.69) is 5.32 Å². The van der Waals surface area contributed by atoms with Gasteiger partial charge in [-0.2, -0.15) is 0 Å². The number of nitrogen functional groups attached to an aromatic ring is 1. The Morgan fingerprint density at radius 2 is 1.95 bits per heavy atom. The van der Waals surface area contributed by atoms with Crippen molar-refractivity contribution in [3.05, 3.63) is 29.3 Å². The van der Waals surface area contributed by atoms with Crippen molar-refractivity contribution in [1.82, 2.24) is 5.32 Å². The number of amides is 1. The van der Waals surface area contributed by atoms with Crippen molar-refractivity contribution in [2.45, 2.75) is 6.10 Å². The van der Waals surface area contributed by atoms with Crippen LogP contribution >= 0.6 is 0 Å². The number of carbonyl (C=O) groups excluding carboxylic acids is 1. The molecule has 0 saturated heterocycles. The molecule has 0 aliphatic carbocycles. The summed E-state index contributed by atoms with van der Waals surface area (Å²) in [5.41, 5.74) is 1.25. The van der Waals surface area contributed by atoms with Crippen molar-refractivity contribution in [2.75, 3.05) is 32.8 Å². The Morgan fingerprint density at radius 1 is 1.35 bits per heavy atom. The number of halogens is 2. The molecule has 0 aromatic heterocycles. The van der Waals surface area contributed by atoms with E-state index in [4.69, 9.17) is 15.3 Å². The highest BCUT2D eigenvalue weighted by Crippen LogP contribution is 2.19. The second-order valence-corrected chi connectivity index (χ2v) is 3.98. The first-order valence-corrected chi connectivity index (χ1v) is 5.79. The first-order valence-electron chi connectivity index (χ1n) is 5.79. The molecule has 8 heteroatoms. The van der Waals surface area contributed by atoms with E-state index in [1.165, 1.54) is 14.2 Å². The molecule has 0 saturated carbocycles. The Labute approximate surface area is 115 Å². The van der Waals surface area contributed by atoms with E-state index in [1.807, 2.05) is 5.43 Å². The minimum Gasteiger partial charge on any atom is -0.382 e. The van der Waals surface area contributed by atoms with Crippen LogP contribution in [0.15, 0.2) is 12.1 Å². The highest BCUT2D eigenvalue weighted by atomic mass is 19.1. The maximum absolute atomic E-state index is 13.5. The summed E-state index contributed by atoms with van der Waals surface area (Å²) < 4.78 is 36.8. The maximum Gasteiger partial charge on any atom is 0.251 e. The second kappa shape index (κ2) is 7.73. The highest BCUT2D eigenvalue weighted by molar-refractivity contribution is 5.94. The summed E-state index contributed by atoms with van der Waals surface area (Å²) in [5.74, 6) is 2.45. The van der Waals surface area contributed by atoms with Gasteiger partial charge in [-0.25, -0.2) is 8.78 Å². The molecule has 0 spiro atoms. The lowest BCUT2D eigenvalue weighted by molar-refractivity contribution is 0.0285. The summed E-state index contributed by atoms with van der Waals surface area (Å²) >= 11 is 0. The molecule has 1 atom stereocenters. The zero-order chi connectivity index (χ0) is 15.1. The normalized spacial score (nSPS) is 12.1. The van der Waals surface area contributed by atoms with Crippen LogP contribution in [0, 0.1) is 11.6 Å². The van der Waals surface area contributed by atoms with Gasteiger partial charge in [0.15, 0.2) is 11.6 Å². The third kappa shape index (κ3) is 4.12. The van der Waals surface area contributed by atoms with Crippen molar-refractivity contribution >= 4 is 11.6 Å². The van der Waals surface area contributed by atoms with Crippen LogP contribution in [-0.4, -0.2) is 39.4 Å². The van der Waals surface area contributed by atoms with E-state index >= 15 is 0 Å². The molecule has 1 amide bonds. The quantitative estimate of drug-likeness (QED) is 0.507. The fraction of sp³-hybridized carbons (Fsp3) is 0.417. The third-order valence-electron chi connectivity index (χ3n) is 2.62. The van der Waals surface area contributed by atoms with E-state index in [-0.39, 0.29) is 24.8 Å². The summed E-state index contributed by atoms with van der Waals surface area (Å²) in [6, 6.07) is 1.79. The first-order chi connectivity index (χ1) is 9.53. The van der Waals surface area contributed by atoms with Gasteiger partial charge in [-0.05, 0) is 12.1 Å². The van der Waals surface area contributed by atoms with Gasteiger partial charge in [0, 0.05) is 26.3 Å². The molecular weight excluding hydrogens is 272 g/mol. The number of hydrazine groups is 1. The van der Waals surface area contributed by atoms with Crippen molar-refractivity contribution in [2.24, 2.45) is 5.84 Å². The van der Waals surface area contributed by atoms with Crippen molar-refractivity contribution in [3.8, 4) is 0 Å². The Bertz CT molecular complexity index is 448. The maximum atomic E-state index is 13.5. The molecular formula is C12H17F2N3O3. The Hall–Kier alpha value is -1.77. The highest BCUT2D eigenvalue weighted by Gasteiger charge is 2.15. The van der Waals surface area contributed by atoms with Crippen LogP contribution in [0.25, 0.3) is 0 Å². The van der Waals surface area contributed by atoms with E-state index in [1.54, 1.807) is 0 Å². The summed E-state index contributed by atoms with van der Waals surface area (Å²) in [6.45, 7) is 0.443. The molecule has 4 N–H and O–H groups in total. The van der Waals surface area contributed by atoms with E-state index in [0.29, 0.717) is 0 Å². The number of carbonyl (C=O) groups is 1. The van der Waals surface area contributed by atoms with E-state index in [0.717, 1.165) is 12.1 Å². The van der Waals surface area contributed by atoms with Crippen LogP contribution in [-0.2, 0) is 9.47 Å². The summed E-state index contributed by atoms with van der Waals surface area (Å²) in [5, 5.41) is 2.50. The van der Waals surface area contributed by atoms with Gasteiger partial charge >= 0.3 is 0 Å². The monoisotopic (exact) mass is 289 g/mol. The minimum atomic E-state index is -0.946. The number of methoxy groups -OCH3 is 2. The third-order valence-corrected chi connectivity index (χ3v) is 2.62. The molecule has 20 heavy (non-hydrogen) atoms. The molecule has 1 aromatic carbocycles. The largest absolute Gasteiger partial charge is 0.382 e. The van der Waals surface area contributed by atoms with Crippen molar-refractivity contribution < 1.29 is 23.0 Å². The van der Waals surface area contributed by atoms with E-state index < -0.39 is 23.2 Å². The lowest BCUT2D eigenvalue weighted by Gasteiger charge is -2.15. The Morgan fingerprint density at radius 3 is 2.40 bits per heavy atom. The van der Waals surface area contributed by atoms with Crippen LogP contribution in [0.2, 0.25) is 0 Å². The second-order valence-electron chi connectivity index (χ2n) is 3.98. The van der Waals surface area contributed by atoms with Crippen LogP contribution in [0.1, 0.15) is 10.4 Å². The van der Waals surface area contributed by atoms with E-state index in [9.17, 15) is 13.6 Å². The average Bonchev–Trinajstić information content (AvgIpc) is 2.42. The number of nitrogens with two attached hydrogens (primary N) is 1. The molecule has 1 aromatic rings. The summed E-state index contributed by atoms with van der Waals surface area (Å²) in [7, 11) is 2.97. The Kier molecular flexibility index (Phi) is 6.29. The molecule has 0 heterocycles. The molecule has 1 rings (SSSR count). The number of hydrogen-bond donors (Lipinski definition) is 3. The van der Waals surface area contributed by atoms with Crippen LogP contribution in [0.3, 0.4) is 0 Å². The zero-order valence-electron chi connectivity index (χ0n) is 11.2. The smallest absolute Gasteiger partial charge is 0.251 e. The molecule has 0 aliphatic rings. The number of anilines is 1. The predicted octanol–water partition coefficient (Wildman–Crippen LogP) is 0.642. The van der Waals surface area contributed by atoms with Crippen LogP contribution in [0.5, 0.6) is 0 Å². The standard InChI is InChI=1S/C12H17F2N3O3/c1-19-6-8(20-2)5-16-12(18)7-3-9(13)11(17-15)10(14)4-7/h3-4,8,17H,5-6,15H2,1-2H3,(H,16,18). The molecule has 0 aliphatic heterocycles. The van der Waals surface area contributed by atoms with Gasteiger partial charge in [0.1, 0.15) is 5.69 Å². The van der Waals surface area contributed by atoms with Gasteiger partial charge in [0.05, 0.1) is 12.7 Å². The van der Waals surface area contributed by atoms with Crippen LogP contribution in [0.4, 0.5) is 14.5 Å². The fourth-order valence-electron chi connectivity index (χ4n) is 1.55. The lowest BCUT2D eigenvalue weighted by atomic mass is 10.1. The number of hydrogen-bond acceptors (Lipinski definition) is 5. The molecule has 0 bridgehead atoms. The van der Waals surface area contributed by atoms with Crippen molar-refractivity contribution in [1.29, 1.82) is 0 Å². The van der Waals surface area contributed by atoms with Crippen molar-refractivity contribution in [3.63, 3.8) is 0 Å². The van der Waals surface area contributed by atoms with Gasteiger partial charge in [0.2, 0.25) is 0 Å². The molecule has 1 unspecified atom stereocenters. The summed E-state index contributed by atoms with van der Waals surface area (Å²) in [6.07, 6.45) is -0.344. The Balaban J connectivity index is 2.73. The fourth-order valence-corrected chi connectivity index (χ4v) is 1.55. The average molecular weight is 289 g/mol. The van der Waals surface area contributed by atoms with Gasteiger partial charge in [-0.1, -0.05) is 0 Å². The molecule has 112 valence electrons. The first kappa shape index (κ1) is 16.3. The zero-order valence-corrected chi connectivity index (χ0v) is 11.2. The predicted molar refractivity (Wildman–Crippen MR) is 69.2 cm³/mol. The SMILES string of the molecule is COCC(CNC(=O)c1cc(F)c(NN)c(F)c1)OC. The van der Waals surface area contributed by atoms with Gasteiger partial charge < -0.3 is 20.2 Å². The number of rotatable bonds is 7.